The van der Waals surface area contributed by atoms with Crippen LogP contribution >= 0.6 is 0 Å². The lowest BCUT2D eigenvalue weighted by atomic mass is 10.0. The highest BCUT2D eigenvalue weighted by Crippen LogP contribution is 2.36. The third kappa shape index (κ3) is 2.46. The first-order valence-corrected chi connectivity index (χ1v) is 9.12. The molecule has 1 unspecified atom stereocenters. The van der Waals surface area contributed by atoms with Gasteiger partial charge in [0.1, 0.15) is 0 Å². The number of hydrogen-bond acceptors (Lipinski definition) is 1. The molecule has 0 bridgehead atoms. The second-order valence-electron chi connectivity index (χ2n) is 7.42. The molecule has 0 radical (unpaired) electrons. The smallest absolute Gasteiger partial charge is 0.0491 e. The maximum Gasteiger partial charge on any atom is 0.0491 e. The maximum atomic E-state index is 3.62. The molecule has 1 N–H and O–H groups in total. The van der Waals surface area contributed by atoms with E-state index < -0.39 is 0 Å². The quantitative estimate of drug-likeness (QED) is 0.751. The van der Waals surface area contributed by atoms with Crippen molar-refractivity contribution >= 4 is 21.8 Å². The molecule has 1 saturated carbocycles. The van der Waals surface area contributed by atoms with Crippen LogP contribution in [0.25, 0.3) is 21.8 Å². The van der Waals surface area contributed by atoms with Crippen LogP contribution in [0.15, 0.2) is 42.5 Å². The maximum absolute atomic E-state index is 3.62. The zero-order valence-electron chi connectivity index (χ0n) is 13.6. The van der Waals surface area contributed by atoms with E-state index in [0.717, 1.165) is 12.3 Å². The van der Waals surface area contributed by atoms with Gasteiger partial charge in [0.15, 0.2) is 0 Å². The van der Waals surface area contributed by atoms with Gasteiger partial charge < -0.3 is 9.88 Å². The molecule has 2 aliphatic rings. The van der Waals surface area contributed by atoms with E-state index in [1.165, 1.54) is 66.1 Å². The highest BCUT2D eigenvalue weighted by atomic mass is 15.0. The summed E-state index contributed by atoms with van der Waals surface area (Å²) in [4.78, 5) is 0. The Labute approximate surface area is 137 Å². The predicted molar refractivity (Wildman–Crippen MR) is 96.9 cm³/mol. The van der Waals surface area contributed by atoms with Gasteiger partial charge in [-0.05, 0) is 68.3 Å². The number of hydrogen-bond donors (Lipinski definition) is 1. The molecule has 1 aromatic heterocycles. The summed E-state index contributed by atoms with van der Waals surface area (Å²) in [6, 6.07) is 16.8. The van der Waals surface area contributed by atoms with Crippen LogP contribution in [-0.2, 0) is 13.0 Å². The largest absolute Gasteiger partial charge is 0.340 e. The van der Waals surface area contributed by atoms with Crippen LogP contribution < -0.4 is 5.32 Å². The first-order valence-electron chi connectivity index (χ1n) is 9.12. The second-order valence-corrected chi connectivity index (χ2v) is 7.42. The van der Waals surface area contributed by atoms with Crippen LogP contribution in [0.5, 0.6) is 0 Å². The summed E-state index contributed by atoms with van der Waals surface area (Å²) in [6.07, 6.45) is 6.62. The van der Waals surface area contributed by atoms with Crippen LogP contribution in [0, 0.1) is 5.92 Å². The van der Waals surface area contributed by atoms with Gasteiger partial charge in [0.05, 0.1) is 0 Å². The van der Waals surface area contributed by atoms with E-state index in [-0.39, 0.29) is 0 Å². The van der Waals surface area contributed by atoms with Crippen molar-refractivity contribution < 1.29 is 0 Å². The van der Waals surface area contributed by atoms with Crippen LogP contribution in [0.1, 0.15) is 31.2 Å². The minimum atomic E-state index is 0.673. The molecular formula is C21H24N2. The Morgan fingerprint density at radius 2 is 1.83 bits per heavy atom. The Morgan fingerprint density at radius 1 is 0.957 bits per heavy atom. The lowest BCUT2D eigenvalue weighted by molar-refractivity contribution is 0.603. The van der Waals surface area contributed by atoms with Gasteiger partial charge in [0.2, 0.25) is 0 Å². The standard InChI is InChI=1S/C21H24N2/c1-2-6-20-18(5-1)19-13-16(12-17-4-3-11-22-17)9-10-21(19)23(20)14-15-7-8-15/h1-2,5-6,9-10,13,15,17,22H,3-4,7-8,11-12,14H2. The number of aromatic nitrogens is 1. The van der Waals surface area contributed by atoms with E-state index in [9.17, 15) is 0 Å². The van der Waals surface area contributed by atoms with Crippen LogP contribution in [-0.4, -0.2) is 17.2 Å². The second kappa shape index (κ2) is 5.38. The molecule has 5 rings (SSSR count). The van der Waals surface area contributed by atoms with Gasteiger partial charge in [-0.2, -0.15) is 0 Å². The number of nitrogens with zero attached hydrogens (tertiary/aromatic N) is 1. The summed E-state index contributed by atoms with van der Waals surface area (Å²) in [7, 11) is 0. The first-order chi connectivity index (χ1) is 11.4. The SMILES string of the molecule is c1ccc2c(c1)c1cc(CC3CCCN3)ccc1n2CC1CC1. The summed E-state index contributed by atoms with van der Waals surface area (Å²) in [5, 5.41) is 6.49. The average Bonchev–Trinajstić information content (AvgIpc) is 3.16. The van der Waals surface area contributed by atoms with Crippen LogP contribution in [0.2, 0.25) is 0 Å². The van der Waals surface area contributed by atoms with Crippen molar-refractivity contribution in [2.45, 2.75) is 44.7 Å². The fourth-order valence-corrected chi connectivity index (χ4v) is 4.20. The topological polar surface area (TPSA) is 17.0 Å². The lowest BCUT2D eigenvalue weighted by Crippen LogP contribution is -2.23. The molecule has 0 amide bonds. The summed E-state index contributed by atoms with van der Waals surface area (Å²) < 4.78 is 2.56. The summed E-state index contributed by atoms with van der Waals surface area (Å²) in [5.41, 5.74) is 4.30. The monoisotopic (exact) mass is 304 g/mol. The van der Waals surface area contributed by atoms with Gasteiger partial charge in [0, 0.05) is 34.4 Å². The third-order valence-electron chi connectivity index (χ3n) is 5.62. The van der Waals surface area contributed by atoms with E-state index in [4.69, 9.17) is 0 Å². The van der Waals surface area contributed by atoms with Gasteiger partial charge in [-0.25, -0.2) is 0 Å². The molecule has 2 heterocycles. The van der Waals surface area contributed by atoms with E-state index in [1.54, 1.807) is 0 Å². The van der Waals surface area contributed by atoms with E-state index in [0.29, 0.717) is 6.04 Å². The van der Waals surface area contributed by atoms with Gasteiger partial charge in [0.25, 0.3) is 0 Å². The molecule has 2 aromatic carbocycles. The molecule has 118 valence electrons. The average molecular weight is 304 g/mol. The van der Waals surface area contributed by atoms with Crippen molar-refractivity contribution in [3.8, 4) is 0 Å². The van der Waals surface area contributed by atoms with Crippen molar-refractivity contribution in [2.75, 3.05) is 6.54 Å². The van der Waals surface area contributed by atoms with E-state index in [1.807, 2.05) is 0 Å². The molecule has 1 aliphatic heterocycles. The van der Waals surface area contributed by atoms with Crippen molar-refractivity contribution in [3.63, 3.8) is 0 Å². The Balaban J connectivity index is 1.61. The molecule has 2 heteroatoms. The van der Waals surface area contributed by atoms with Gasteiger partial charge in [-0.15, -0.1) is 0 Å². The molecule has 0 spiro atoms. The Morgan fingerprint density at radius 3 is 2.65 bits per heavy atom. The van der Waals surface area contributed by atoms with Crippen LogP contribution in [0.3, 0.4) is 0 Å². The Hall–Kier alpha value is -1.80. The lowest BCUT2D eigenvalue weighted by Gasteiger charge is -2.11. The molecule has 3 aromatic rings. The van der Waals surface area contributed by atoms with Crippen LogP contribution in [0.4, 0.5) is 0 Å². The predicted octanol–water partition coefficient (Wildman–Crippen LogP) is 4.50. The minimum absolute atomic E-state index is 0.673. The van der Waals surface area contributed by atoms with Gasteiger partial charge in [-0.3, -0.25) is 0 Å². The minimum Gasteiger partial charge on any atom is -0.340 e. The molecule has 1 atom stereocenters. The fourth-order valence-electron chi connectivity index (χ4n) is 4.20. The molecule has 1 aliphatic carbocycles. The molecule has 2 nitrogen and oxygen atoms in total. The molecule has 2 fully saturated rings. The number of benzene rings is 2. The Kier molecular flexibility index (Phi) is 3.19. The van der Waals surface area contributed by atoms with Crippen molar-refractivity contribution in [1.82, 2.24) is 9.88 Å². The van der Waals surface area contributed by atoms with E-state index in [2.05, 4.69) is 52.3 Å². The molecular weight excluding hydrogens is 280 g/mol. The summed E-state index contributed by atoms with van der Waals surface area (Å²) >= 11 is 0. The fraction of sp³-hybridized carbons (Fsp3) is 0.429. The highest BCUT2D eigenvalue weighted by Gasteiger charge is 2.24. The van der Waals surface area contributed by atoms with Crippen molar-refractivity contribution in [3.05, 3.63) is 48.0 Å². The zero-order chi connectivity index (χ0) is 15.2. The molecule has 23 heavy (non-hydrogen) atoms. The highest BCUT2D eigenvalue weighted by molar-refractivity contribution is 6.08. The van der Waals surface area contributed by atoms with Gasteiger partial charge in [-0.1, -0.05) is 24.3 Å². The third-order valence-corrected chi connectivity index (χ3v) is 5.62. The Bertz CT molecular complexity index is 851. The first kappa shape index (κ1) is 13.6. The van der Waals surface area contributed by atoms with Crippen molar-refractivity contribution in [2.24, 2.45) is 5.92 Å². The number of nitrogens with one attached hydrogen (secondary N) is 1. The van der Waals surface area contributed by atoms with Crippen molar-refractivity contribution in [1.29, 1.82) is 0 Å². The summed E-state index contributed by atoms with van der Waals surface area (Å²) in [5.74, 6) is 0.899. The molecule has 1 saturated heterocycles. The summed E-state index contributed by atoms with van der Waals surface area (Å²) in [6.45, 7) is 2.38. The normalized spacial score (nSPS) is 21.5. The number of rotatable bonds is 4. The van der Waals surface area contributed by atoms with E-state index >= 15 is 0 Å². The zero-order valence-corrected chi connectivity index (χ0v) is 13.6. The van der Waals surface area contributed by atoms with Gasteiger partial charge >= 0.3 is 0 Å². The number of para-hydroxylation sites is 1. The number of fused-ring (bicyclic) bond motifs is 3.